The summed E-state index contributed by atoms with van der Waals surface area (Å²) in [5.41, 5.74) is 8.11. The fraction of sp³-hybridized carbons (Fsp3) is 0.143. The normalized spacial score (nSPS) is 10.8. The van der Waals surface area contributed by atoms with Crippen LogP contribution in [0.2, 0.25) is 0 Å². The quantitative estimate of drug-likeness (QED) is 0.729. The molecule has 0 aliphatic heterocycles. The first-order valence-corrected chi connectivity index (χ1v) is 6.12. The molecule has 0 fully saturated rings. The highest BCUT2D eigenvalue weighted by atomic mass is 16.5. The van der Waals surface area contributed by atoms with Crippen LogP contribution in [0.25, 0.3) is 17.0 Å². The predicted molar refractivity (Wildman–Crippen MR) is 74.0 cm³/mol. The molecular weight excluding hydrogens is 240 g/mol. The Morgan fingerprint density at radius 1 is 1.16 bits per heavy atom. The lowest BCUT2D eigenvalue weighted by Crippen LogP contribution is -1.96. The van der Waals surface area contributed by atoms with E-state index in [2.05, 4.69) is 10.2 Å². The highest BCUT2D eigenvalue weighted by Crippen LogP contribution is 2.24. The SMILES string of the molecule is CCOc1cccn2c(-c3ccc(N)cc3)nnc12. The number of anilines is 1. The molecule has 2 N–H and O–H groups in total. The molecule has 5 heteroatoms. The van der Waals surface area contributed by atoms with E-state index in [1.165, 1.54) is 0 Å². The summed E-state index contributed by atoms with van der Waals surface area (Å²) in [6, 6.07) is 11.4. The third-order valence-corrected chi connectivity index (χ3v) is 2.87. The molecule has 0 radical (unpaired) electrons. The Hall–Kier alpha value is -2.56. The molecule has 3 rings (SSSR count). The Morgan fingerprint density at radius 2 is 1.95 bits per heavy atom. The first-order chi connectivity index (χ1) is 9.29. The average molecular weight is 254 g/mol. The lowest BCUT2D eigenvalue weighted by molar-refractivity contribution is 0.342. The molecule has 0 spiro atoms. The first-order valence-electron chi connectivity index (χ1n) is 6.12. The number of pyridine rings is 1. The second kappa shape index (κ2) is 4.61. The van der Waals surface area contributed by atoms with E-state index >= 15 is 0 Å². The van der Waals surface area contributed by atoms with E-state index in [-0.39, 0.29) is 0 Å². The summed E-state index contributed by atoms with van der Waals surface area (Å²) in [5, 5.41) is 8.42. The molecule has 5 nitrogen and oxygen atoms in total. The summed E-state index contributed by atoms with van der Waals surface area (Å²) in [7, 11) is 0. The number of hydrogen-bond donors (Lipinski definition) is 1. The number of ether oxygens (including phenoxy) is 1. The molecule has 0 bridgehead atoms. The molecule has 0 saturated carbocycles. The van der Waals surface area contributed by atoms with Crippen LogP contribution < -0.4 is 10.5 Å². The summed E-state index contributed by atoms with van der Waals surface area (Å²) >= 11 is 0. The number of nitrogen functional groups attached to an aromatic ring is 1. The highest BCUT2D eigenvalue weighted by molar-refractivity contribution is 5.64. The molecule has 0 amide bonds. The maximum Gasteiger partial charge on any atom is 0.203 e. The van der Waals surface area contributed by atoms with E-state index in [4.69, 9.17) is 10.5 Å². The van der Waals surface area contributed by atoms with Crippen LogP contribution in [-0.4, -0.2) is 21.2 Å². The smallest absolute Gasteiger partial charge is 0.203 e. The Morgan fingerprint density at radius 3 is 2.68 bits per heavy atom. The van der Waals surface area contributed by atoms with Gasteiger partial charge in [-0.2, -0.15) is 0 Å². The van der Waals surface area contributed by atoms with Crippen LogP contribution in [0.5, 0.6) is 5.75 Å². The zero-order valence-electron chi connectivity index (χ0n) is 10.6. The van der Waals surface area contributed by atoms with Gasteiger partial charge in [0.05, 0.1) is 6.61 Å². The van der Waals surface area contributed by atoms with Gasteiger partial charge < -0.3 is 10.5 Å². The summed E-state index contributed by atoms with van der Waals surface area (Å²) in [4.78, 5) is 0. The van der Waals surface area contributed by atoms with Crippen molar-refractivity contribution in [3.8, 4) is 17.1 Å². The van der Waals surface area contributed by atoms with Crippen molar-refractivity contribution in [2.45, 2.75) is 6.92 Å². The van der Waals surface area contributed by atoms with Crippen molar-refractivity contribution in [3.63, 3.8) is 0 Å². The second-order valence-corrected chi connectivity index (χ2v) is 4.14. The molecule has 96 valence electrons. The van der Waals surface area contributed by atoms with Crippen molar-refractivity contribution in [2.75, 3.05) is 12.3 Å². The number of nitrogens with zero attached hydrogens (tertiary/aromatic N) is 3. The van der Waals surface area contributed by atoms with E-state index in [1.807, 2.05) is 53.9 Å². The lowest BCUT2D eigenvalue weighted by Gasteiger charge is -2.05. The molecule has 0 aliphatic carbocycles. The van der Waals surface area contributed by atoms with Crippen molar-refractivity contribution in [3.05, 3.63) is 42.6 Å². The maximum atomic E-state index is 5.69. The van der Waals surface area contributed by atoms with Crippen molar-refractivity contribution in [2.24, 2.45) is 0 Å². The van der Waals surface area contributed by atoms with Crippen LogP contribution >= 0.6 is 0 Å². The number of aromatic nitrogens is 3. The van der Waals surface area contributed by atoms with E-state index < -0.39 is 0 Å². The topological polar surface area (TPSA) is 65.4 Å². The van der Waals surface area contributed by atoms with E-state index in [9.17, 15) is 0 Å². The number of benzene rings is 1. The summed E-state index contributed by atoms with van der Waals surface area (Å²) < 4.78 is 7.46. The van der Waals surface area contributed by atoms with E-state index in [1.54, 1.807) is 0 Å². The molecule has 0 unspecified atom stereocenters. The molecule has 2 heterocycles. The van der Waals surface area contributed by atoms with Gasteiger partial charge in [-0.1, -0.05) is 0 Å². The molecule has 0 aliphatic rings. The van der Waals surface area contributed by atoms with E-state index in [0.29, 0.717) is 6.61 Å². The molecule has 3 aromatic rings. The average Bonchev–Trinajstić information content (AvgIpc) is 2.85. The van der Waals surface area contributed by atoms with Gasteiger partial charge in [0.1, 0.15) is 0 Å². The summed E-state index contributed by atoms with van der Waals surface area (Å²) in [5.74, 6) is 1.51. The van der Waals surface area contributed by atoms with Crippen molar-refractivity contribution >= 4 is 11.3 Å². The zero-order valence-corrected chi connectivity index (χ0v) is 10.6. The molecule has 0 atom stereocenters. The molecule has 0 saturated heterocycles. The van der Waals surface area contributed by atoms with Gasteiger partial charge in [0, 0.05) is 17.4 Å². The van der Waals surface area contributed by atoms with E-state index in [0.717, 1.165) is 28.5 Å². The molecule has 19 heavy (non-hydrogen) atoms. The van der Waals surface area contributed by atoms with Gasteiger partial charge in [0.2, 0.25) is 5.65 Å². The largest absolute Gasteiger partial charge is 0.490 e. The minimum absolute atomic E-state index is 0.601. The van der Waals surface area contributed by atoms with Gasteiger partial charge >= 0.3 is 0 Å². The predicted octanol–water partition coefficient (Wildman–Crippen LogP) is 2.38. The summed E-state index contributed by atoms with van der Waals surface area (Å²) in [6.07, 6.45) is 1.92. The Balaban J connectivity index is 2.15. The Labute approximate surface area is 110 Å². The third kappa shape index (κ3) is 1.99. The van der Waals surface area contributed by atoms with Crippen LogP contribution in [0.1, 0.15) is 6.92 Å². The van der Waals surface area contributed by atoms with Gasteiger partial charge in [-0.05, 0) is 43.3 Å². The van der Waals surface area contributed by atoms with Crippen molar-refractivity contribution < 1.29 is 4.74 Å². The number of nitrogens with two attached hydrogens (primary N) is 1. The van der Waals surface area contributed by atoms with Gasteiger partial charge in [-0.25, -0.2) is 0 Å². The summed E-state index contributed by atoms with van der Waals surface area (Å²) in [6.45, 7) is 2.55. The monoisotopic (exact) mass is 254 g/mol. The Bertz CT molecular complexity index is 703. The minimum atomic E-state index is 0.601. The van der Waals surface area contributed by atoms with Gasteiger partial charge in [0.15, 0.2) is 11.6 Å². The lowest BCUT2D eigenvalue weighted by atomic mass is 10.2. The van der Waals surface area contributed by atoms with Gasteiger partial charge in [-0.15, -0.1) is 10.2 Å². The fourth-order valence-electron chi connectivity index (χ4n) is 1.99. The van der Waals surface area contributed by atoms with Crippen LogP contribution in [0.3, 0.4) is 0 Å². The number of hydrogen-bond acceptors (Lipinski definition) is 4. The maximum absolute atomic E-state index is 5.69. The van der Waals surface area contributed by atoms with Gasteiger partial charge in [-0.3, -0.25) is 4.40 Å². The Kier molecular flexibility index (Phi) is 2.79. The number of fused-ring (bicyclic) bond motifs is 1. The molecule has 1 aromatic carbocycles. The van der Waals surface area contributed by atoms with Crippen LogP contribution in [0, 0.1) is 0 Å². The third-order valence-electron chi connectivity index (χ3n) is 2.87. The second-order valence-electron chi connectivity index (χ2n) is 4.14. The zero-order chi connectivity index (χ0) is 13.2. The van der Waals surface area contributed by atoms with Crippen molar-refractivity contribution in [1.29, 1.82) is 0 Å². The van der Waals surface area contributed by atoms with Crippen LogP contribution in [0.4, 0.5) is 5.69 Å². The number of rotatable bonds is 3. The van der Waals surface area contributed by atoms with Crippen LogP contribution in [0.15, 0.2) is 42.6 Å². The minimum Gasteiger partial charge on any atom is -0.490 e. The standard InChI is InChI=1S/C14H14N4O/c1-2-19-12-4-3-9-18-13(16-17-14(12)18)10-5-7-11(15)8-6-10/h3-9H,2,15H2,1H3. The molecular formula is C14H14N4O. The fourth-order valence-corrected chi connectivity index (χ4v) is 1.99. The van der Waals surface area contributed by atoms with Gasteiger partial charge in [0.25, 0.3) is 0 Å². The highest BCUT2D eigenvalue weighted by Gasteiger charge is 2.11. The van der Waals surface area contributed by atoms with Crippen LogP contribution in [-0.2, 0) is 0 Å². The van der Waals surface area contributed by atoms with Crippen molar-refractivity contribution in [1.82, 2.24) is 14.6 Å². The first kappa shape index (κ1) is 11.5. The molecule has 2 aromatic heterocycles.